The van der Waals surface area contributed by atoms with Crippen LogP contribution in [-0.4, -0.2) is 60.4 Å². The highest BCUT2D eigenvalue weighted by molar-refractivity contribution is 5.41. The fourth-order valence-corrected chi connectivity index (χ4v) is 2.33. The Balaban J connectivity index is 0.000000465. The lowest BCUT2D eigenvalue weighted by molar-refractivity contribution is -0.386. The fourth-order valence-electron chi connectivity index (χ4n) is 2.33. The number of aliphatic hydroxyl groups excluding tert-OH is 3. The van der Waals surface area contributed by atoms with Crippen LogP contribution >= 0.6 is 0 Å². The van der Waals surface area contributed by atoms with E-state index in [1.165, 1.54) is 30.6 Å². The van der Waals surface area contributed by atoms with Crippen LogP contribution in [0.4, 0.5) is 17.1 Å². The zero-order valence-electron chi connectivity index (χ0n) is 18.8. The first-order valence-corrected chi connectivity index (χ1v) is 9.81. The average molecular weight is 476 g/mol. The second kappa shape index (κ2) is 17.5. The maximum Gasteiger partial charge on any atom is 0.290 e. The van der Waals surface area contributed by atoms with Crippen LogP contribution in [0.5, 0.6) is 0 Å². The summed E-state index contributed by atoms with van der Waals surface area (Å²) < 4.78 is 0. The molecular formula is C21H28N6O7. The van der Waals surface area contributed by atoms with Gasteiger partial charge in [0, 0.05) is 63.9 Å². The van der Waals surface area contributed by atoms with Crippen LogP contribution in [0.2, 0.25) is 0 Å². The van der Waals surface area contributed by atoms with E-state index in [1.807, 2.05) is 0 Å². The van der Waals surface area contributed by atoms with Crippen LogP contribution in [-0.2, 0) is 12.8 Å². The number of anilines is 1. The topological polar surface area (TPSA) is 212 Å². The van der Waals surface area contributed by atoms with Gasteiger partial charge in [-0.25, -0.2) is 0 Å². The molecule has 0 bridgehead atoms. The zero-order valence-corrected chi connectivity index (χ0v) is 18.8. The molecule has 0 saturated heterocycles. The summed E-state index contributed by atoms with van der Waals surface area (Å²) in [4.78, 5) is 31.2. The van der Waals surface area contributed by atoms with E-state index in [1.54, 1.807) is 31.3 Å². The molecule has 0 aliphatic rings. The number of aromatic nitrogens is 3. The van der Waals surface area contributed by atoms with Gasteiger partial charge in [0.25, 0.3) is 11.4 Å². The van der Waals surface area contributed by atoms with E-state index in [2.05, 4.69) is 15.0 Å². The number of nitrogens with two attached hydrogens (primary N) is 1. The smallest absolute Gasteiger partial charge is 0.290 e. The predicted molar refractivity (Wildman–Crippen MR) is 125 cm³/mol. The Morgan fingerprint density at radius 3 is 1.68 bits per heavy atom. The molecule has 0 spiro atoms. The van der Waals surface area contributed by atoms with Gasteiger partial charge in [-0.05, 0) is 31.2 Å². The number of nitrogen functional groups attached to an aromatic ring is 1. The molecule has 0 saturated carbocycles. The van der Waals surface area contributed by atoms with Crippen molar-refractivity contribution in [2.75, 3.05) is 26.1 Å². The molecule has 0 unspecified atom stereocenters. The summed E-state index contributed by atoms with van der Waals surface area (Å²) >= 11 is 0. The van der Waals surface area contributed by atoms with Crippen LogP contribution < -0.4 is 5.73 Å². The highest BCUT2D eigenvalue weighted by Gasteiger charge is 2.12. The summed E-state index contributed by atoms with van der Waals surface area (Å²) in [7, 11) is 1.00. The molecule has 0 atom stereocenters. The summed E-state index contributed by atoms with van der Waals surface area (Å²) in [6.45, 7) is 1.58. The lowest BCUT2D eigenvalue weighted by Crippen LogP contribution is -2.00. The molecule has 5 N–H and O–H groups in total. The maximum atomic E-state index is 10.4. The van der Waals surface area contributed by atoms with Crippen LogP contribution in [0.3, 0.4) is 0 Å². The van der Waals surface area contributed by atoms with E-state index in [0.29, 0.717) is 23.5 Å². The maximum absolute atomic E-state index is 10.4. The van der Waals surface area contributed by atoms with Gasteiger partial charge >= 0.3 is 0 Å². The van der Waals surface area contributed by atoms with Crippen molar-refractivity contribution in [1.82, 2.24) is 15.0 Å². The van der Waals surface area contributed by atoms with Crippen molar-refractivity contribution in [2.24, 2.45) is 0 Å². The second-order valence-corrected chi connectivity index (χ2v) is 6.08. The minimum absolute atomic E-state index is 0.0356. The number of nitro groups is 2. The predicted octanol–water partition coefficient (Wildman–Crippen LogP) is 1.63. The van der Waals surface area contributed by atoms with Crippen molar-refractivity contribution < 1.29 is 25.2 Å². The first-order chi connectivity index (χ1) is 16.3. The molecule has 184 valence electrons. The van der Waals surface area contributed by atoms with Crippen LogP contribution in [0.15, 0.2) is 55.0 Å². The van der Waals surface area contributed by atoms with Crippen LogP contribution in [0.1, 0.15) is 17.1 Å². The molecule has 0 aliphatic carbocycles. The van der Waals surface area contributed by atoms with Gasteiger partial charge in [-0.2, -0.15) is 0 Å². The van der Waals surface area contributed by atoms with E-state index in [-0.39, 0.29) is 31.0 Å². The highest BCUT2D eigenvalue weighted by Crippen LogP contribution is 2.14. The first kappa shape index (κ1) is 29.9. The van der Waals surface area contributed by atoms with Gasteiger partial charge in [0.15, 0.2) is 0 Å². The van der Waals surface area contributed by atoms with Gasteiger partial charge in [-0.1, -0.05) is 0 Å². The van der Waals surface area contributed by atoms with E-state index in [0.717, 1.165) is 12.8 Å². The van der Waals surface area contributed by atoms with Crippen LogP contribution in [0, 0.1) is 27.2 Å². The molecule has 0 radical (unpaired) electrons. The van der Waals surface area contributed by atoms with E-state index < -0.39 is 9.85 Å². The Labute approximate surface area is 195 Å². The Morgan fingerprint density at radius 1 is 0.794 bits per heavy atom. The van der Waals surface area contributed by atoms with Gasteiger partial charge in [-0.15, -0.1) is 0 Å². The summed E-state index contributed by atoms with van der Waals surface area (Å²) in [5, 5.41) is 44.7. The summed E-state index contributed by atoms with van der Waals surface area (Å²) in [6.07, 6.45) is 5.42. The normalized spacial score (nSPS) is 9.21. The largest absolute Gasteiger partial charge is 0.400 e. The van der Waals surface area contributed by atoms with Crippen molar-refractivity contribution in [3.05, 3.63) is 92.3 Å². The summed E-state index contributed by atoms with van der Waals surface area (Å²) in [6, 6.07) is 9.40. The van der Waals surface area contributed by atoms with Gasteiger partial charge in [0.2, 0.25) is 0 Å². The summed E-state index contributed by atoms with van der Waals surface area (Å²) in [5.41, 5.74) is 7.76. The molecule has 13 nitrogen and oxygen atoms in total. The number of nitrogens with zero attached hydrogens (tertiary/aromatic N) is 5. The summed E-state index contributed by atoms with van der Waals surface area (Å²) in [5.74, 6) is 0. The van der Waals surface area contributed by atoms with Crippen molar-refractivity contribution in [3.8, 4) is 0 Å². The molecule has 3 rings (SSSR count). The third kappa shape index (κ3) is 11.0. The van der Waals surface area contributed by atoms with E-state index in [4.69, 9.17) is 21.1 Å². The quantitative estimate of drug-likeness (QED) is 0.296. The first-order valence-electron chi connectivity index (χ1n) is 9.81. The minimum atomic E-state index is -0.502. The SMILES string of the molecule is CO.Cc1ncccc1[N+](=O)[O-].Nc1cccnc1CCO.O=[N+]([O-])c1cccnc1CCO. The number of aliphatic hydroxyl groups is 3. The van der Waals surface area contributed by atoms with Crippen molar-refractivity contribution >= 4 is 17.1 Å². The molecule has 0 amide bonds. The average Bonchev–Trinajstić information content (AvgIpc) is 2.83. The molecule has 34 heavy (non-hydrogen) atoms. The Bertz CT molecular complexity index is 1020. The monoisotopic (exact) mass is 476 g/mol. The molecule has 13 heteroatoms. The van der Waals surface area contributed by atoms with Gasteiger partial charge in [-0.3, -0.25) is 35.2 Å². The Hall–Kier alpha value is -4.07. The Kier molecular flexibility index (Phi) is 15.4. The number of rotatable bonds is 6. The number of aryl methyl sites for hydroxylation is 1. The van der Waals surface area contributed by atoms with Crippen molar-refractivity contribution in [1.29, 1.82) is 0 Å². The molecule has 0 aromatic carbocycles. The molecule has 3 aromatic heterocycles. The number of pyridine rings is 3. The number of hydrogen-bond donors (Lipinski definition) is 4. The van der Waals surface area contributed by atoms with Crippen LogP contribution in [0.25, 0.3) is 0 Å². The Morgan fingerprint density at radius 2 is 1.24 bits per heavy atom. The van der Waals surface area contributed by atoms with Gasteiger partial charge < -0.3 is 21.1 Å². The standard InChI is InChI=1S/C7H8N2O3.C7H10N2O.C6H6N2O2.CH4O/c10-5-3-6-7(9(11)12)2-1-4-8-6;8-6-2-1-4-9-7(6)3-5-10;1-5-6(8(9)10)3-2-4-7-5;1-2/h1-2,4,10H,3,5H2;1-2,4,10H,3,5,8H2;2-4H,1H3;2H,1H3. The van der Waals surface area contributed by atoms with Gasteiger partial charge in [0.05, 0.1) is 21.2 Å². The van der Waals surface area contributed by atoms with Crippen molar-refractivity contribution in [2.45, 2.75) is 19.8 Å². The lowest BCUT2D eigenvalue weighted by atomic mass is 10.2. The second-order valence-electron chi connectivity index (χ2n) is 6.08. The molecule has 3 aromatic rings. The fraction of sp³-hybridized carbons (Fsp3) is 0.286. The number of hydrogen-bond acceptors (Lipinski definition) is 11. The molecule has 3 heterocycles. The highest BCUT2D eigenvalue weighted by atomic mass is 16.6. The zero-order chi connectivity index (χ0) is 25.9. The lowest BCUT2D eigenvalue weighted by Gasteiger charge is -1.99. The molecule has 0 aliphatic heterocycles. The molecule has 0 fully saturated rings. The van der Waals surface area contributed by atoms with E-state index >= 15 is 0 Å². The van der Waals surface area contributed by atoms with Gasteiger partial charge in [0.1, 0.15) is 11.4 Å². The van der Waals surface area contributed by atoms with E-state index in [9.17, 15) is 20.2 Å². The van der Waals surface area contributed by atoms with Crippen molar-refractivity contribution in [3.63, 3.8) is 0 Å². The third-order valence-electron chi connectivity index (χ3n) is 3.86. The molecular weight excluding hydrogens is 448 g/mol. The third-order valence-corrected chi connectivity index (χ3v) is 3.86. The minimum Gasteiger partial charge on any atom is -0.400 e.